The van der Waals surface area contributed by atoms with Gasteiger partial charge in [0.1, 0.15) is 11.4 Å². The van der Waals surface area contributed by atoms with Gasteiger partial charge in [-0.05, 0) is 32.9 Å². The van der Waals surface area contributed by atoms with Gasteiger partial charge >= 0.3 is 6.09 Å². The van der Waals surface area contributed by atoms with Crippen LogP contribution in [0, 0.1) is 0 Å². The molecule has 5 heteroatoms. The summed E-state index contributed by atoms with van der Waals surface area (Å²) in [4.78, 5) is 13.4. The summed E-state index contributed by atoms with van der Waals surface area (Å²) in [5.74, 6) is 0.712. The molecule has 1 rings (SSSR count). The largest absolute Gasteiger partial charge is 0.467 e. The van der Waals surface area contributed by atoms with E-state index in [1.807, 2.05) is 26.8 Å². The van der Waals surface area contributed by atoms with Gasteiger partial charge in [-0.2, -0.15) is 0 Å². The smallest absolute Gasteiger partial charge is 0.410 e. The highest BCUT2D eigenvalue weighted by atomic mass is 16.6. The number of carbonyl (C=O) groups excluding carboxylic acids is 1. The normalized spacial score (nSPS) is 11.3. The number of amides is 1. The standard InChI is InChI=1S/C12H20N2O3/c1-12(2,3)17-11(15)14(7-6-13)9-10-5-4-8-16-10/h4-5,8H,6-7,9,13H2,1-3H3. The van der Waals surface area contributed by atoms with E-state index in [0.29, 0.717) is 25.4 Å². The summed E-state index contributed by atoms with van der Waals surface area (Å²) in [7, 11) is 0. The quantitative estimate of drug-likeness (QED) is 0.873. The molecule has 0 saturated carbocycles. The van der Waals surface area contributed by atoms with Gasteiger partial charge in [-0.25, -0.2) is 4.79 Å². The van der Waals surface area contributed by atoms with Crippen LogP contribution in [0.5, 0.6) is 0 Å². The lowest BCUT2D eigenvalue weighted by molar-refractivity contribution is 0.0227. The molecule has 0 atom stereocenters. The SMILES string of the molecule is CC(C)(C)OC(=O)N(CCN)Cc1ccco1. The number of ether oxygens (including phenoxy) is 1. The van der Waals surface area contributed by atoms with E-state index in [9.17, 15) is 4.79 Å². The second kappa shape index (κ2) is 5.72. The average molecular weight is 240 g/mol. The van der Waals surface area contributed by atoms with E-state index in [2.05, 4.69) is 0 Å². The molecule has 0 aromatic carbocycles. The molecule has 0 aliphatic heterocycles. The fraction of sp³-hybridized carbons (Fsp3) is 0.583. The summed E-state index contributed by atoms with van der Waals surface area (Å²) in [5, 5.41) is 0. The number of furan rings is 1. The molecule has 0 bridgehead atoms. The molecule has 1 heterocycles. The van der Waals surface area contributed by atoms with Gasteiger partial charge < -0.3 is 14.9 Å². The Morgan fingerprint density at radius 3 is 2.71 bits per heavy atom. The van der Waals surface area contributed by atoms with E-state index in [1.165, 1.54) is 4.90 Å². The number of hydrogen-bond acceptors (Lipinski definition) is 4. The van der Waals surface area contributed by atoms with Crippen molar-refractivity contribution in [3.63, 3.8) is 0 Å². The molecule has 1 amide bonds. The lowest BCUT2D eigenvalue weighted by Gasteiger charge is -2.26. The molecule has 1 aromatic heterocycles. The third-order valence-corrected chi connectivity index (χ3v) is 1.98. The van der Waals surface area contributed by atoms with Crippen LogP contribution in [0.25, 0.3) is 0 Å². The van der Waals surface area contributed by atoms with E-state index < -0.39 is 5.60 Å². The van der Waals surface area contributed by atoms with Crippen LogP contribution in [0.2, 0.25) is 0 Å². The minimum atomic E-state index is -0.507. The lowest BCUT2D eigenvalue weighted by Crippen LogP contribution is -2.39. The summed E-state index contributed by atoms with van der Waals surface area (Å²) in [6, 6.07) is 3.60. The van der Waals surface area contributed by atoms with Gasteiger partial charge in [-0.3, -0.25) is 4.90 Å². The van der Waals surface area contributed by atoms with Gasteiger partial charge in [-0.15, -0.1) is 0 Å². The van der Waals surface area contributed by atoms with Crippen molar-refractivity contribution in [1.29, 1.82) is 0 Å². The van der Waals surface area contributed by atoms with Crippen molar-refractivity contribution in [3.8, 4) is 0 Å². The highest BCUT2D eigenvalue weighted by molar-refractivity contribution is 5.68. The maximum absolute atomic E-state index is 11.9. The maximum Gasteiger partial charge on any atom is 0.410 e. The molecule has 0 aliphatic carbocycles. The van der Waals surface area contributed by atoms with Gasteiger partial charge in [0.05, 0.1) is 12.8 Å². The lowest BCUT2D eigenvalue weighted by atomic mass is 10.2. The van der Waals surface area contributed by atoms with Gasteiger partial charge in [0, 0.05) is 13.1 Å². The number of nitrogens with two attached hydrogens (primary N) is 1. The first kappa shape index (κ1) is 13.6. The Labute approximate surface area is 102 Å². The zero-order chi connectivity index (χ0) is 12.9. The van der Waals surface area contributed by atoms with E-state index >= 15 is 0 Å². The first-order chi connectivity index (χ1) is 7.92. The highest BCUT2D eigenvalue weighted by Gasteiger charge is 2.22. The molecule has 0 aliphatic rings. The van der Waals surface area contributed by atoms with E-state index in [-0.39, 0.29) is 6.09 Å². The first-order valence-corrected chi connectivity index (χ1v) is 5.63. The second-order valence-electron chi connectivity index (χ2n) is 4.77. The molecule has 0 unspecified atom stereocenters. The second-order valence-corrected chi connectivity index (χ2v) is 4.77. The van der Waals surface area contributed by atoms with Crippen LogP contribution in [0.1, 0.15) is 26.5 Å². The summed E-state index contributed by atoms with van der Waals surface area (Å²) < 4.78 is 10.5. The zero-order valence-corrected chi connectivity index (χ0v) is 10.6. The molecule has 1 aromatic rings. The van der Waals surface area contributed by atoms with Crippen molar-refractivity contribution < 1.29 is 13.9 Å². The minimum absolute atomic E-state index is 0.374. The van der Waals surface area contributed by atoms with Crippen molar-refractivity contribution in [2.24, 2.45) is 5.73 Å². The van der Waals surface area contributed by atoms with Crippen molar-refractivity contribution in [1.82, 2.24) is 4.90 Å². The summed E-state index contributed by atoms with van der Waals surface area (Å²) in [5.41, 5.74) is 4.97. The third kappa shape index (κ3) is 4.91. The maximum atomic E-state index is 11.9. The predicted octanol–water partition coefficient (Wildman–Crippen LogP) is 1.98. The molecule has 2 N–H and O–H groups in total. The Kier molecular flexibility index (Phi) is 4.57. The predicted molar refractivity (Wildman–Crippen MR) is 64.4 cm³/mol. The molecular weight excluding hydrogens is 220 g/mol. The monoisotopic (exact) mass is 240 g/mol. The molecule has 5 nitrogen and oxygen atoms in total. The molecule has 0 spiro atoms. The van der Waals surface area contributed by atoms with Crippen molar-refractivity contribution in [3.05, 3.63) is 24.2 Å². The van der Waals surface area contributed by atoms with Crippen LogP contribution in [0.4, 0.5) is 4.79 Å². The van der Waals surface area contributed by atoms with Crippen LogP contribution < -0.4 is 5.73 Å². The Balaban J connectivity index is 2.62. The fourth-order valence-electron chi connectivity index (χ4n) is 1.31. The van der Waals surface area contributed by atoms with Crippen LogP contribution in [-0.4, -0.2) is 29.7 Å². The molecule has 96 valence electrons. The van der Waals surface area contributed by atoms with Crippen LogP contribution in [-0.2, 0) is 11.3 Å². The Morgan fingerprint density at radius 1 is 1.53 bits per heavy atom. The molecular formula is C12H20N2O3. The number of carbonyl (C=O) groups is 1. The highest BCUT2D eigenvalue weighted by Crippen LogP contribution is 2.12. The molecule has 17 heavy (non-hydrogen) atoms. The fourth-order valence-corrected chi connectivity index (χ4v) is 1.31. The number of rotatable bonds is 4. The third-order valence-electron chi connectivity index (χ3n) is 1.98. The van der Waals surface area contributed by atoms with Crippen molar-refractivity contribution >= 4 is 6.09 Å². The molecule has 0 saturated heterocycles. The molecule has 0 fully saturated rings. The zero-order valence-electron chi connectivity index (χ0n) is 10.6. The summed E-state index contributed by atoms with van der Waals surface area (Å²) >= 11 is 0. The van der Waals surface area contributed by atoms with Crippen LogP contribution >= 0.6 is 0 Å². The van der Waals surface area contributed by atoms with Crippen molar-refractivity contribution in [2.45, 2.75) is 32.9 Å². The van der Waals surface area contributed by atoms with Gasteiger partial charge in [-0.1, -0.05) is 0 Å². The Bertz CT molecular complexity index is 341. The first-order valence-electron chi connectivity index (χ1n) is 5.63. The minimum Gasteiger partial charge on any atom is -0.467 e. The van der Waals surface area contributed by atoms with Gasteiger partial charge in [0.25, 0.3) is 0 Å². The average Bonchev–Trinajstić information content (AvgIpc) is 2.67. The van der Waals surface area contributed by atoms with E-state index in [1.54, 1.807) is 12.3 Å². The Morgan fingerprint density at radius 2 is 2.24 bits per heavy atom. The summed E-state index contributed by atoms with van der Waals surface area (Å²) in [6.07, 6.45) is 1.20. The number of hydrogen-bond donors (Lipinski definition) is 1. The van der Waals surface area contributed by atoms with E-state index in [4.69, 9.17) is 14.9 Å². The topological polar surface area (TPSA) is 68.7 Å². The van der Waals surface area contributed by atoms with Gasteiger partial charge in [0.2, 0.25) is 0 Å². The number of nitrogens with zero attached hydrogens (tertiary/aromatic N) is 1. The summed E-state index contributed by atoms with van der Waals surface area (Å²) in [6.45, 7) is 6.70. The van der Waals surface area contributed by atoms with E-state index in [0.717, 1.165) is 0 Å². The van der Waals surface area contributed by atoms with Gasteiger partial charge in [0.15, 0.2) is 0 Å². The van der Waals surface area contributed by atoms with Crippen molar-refractivity contribution in [2.75, 3.05) is 13.1 Å². The Hall–Kier alpha value is -1.49. The molecule has 0 radical (unpaired) electrons. The van der Waals surface area contributed by atoms with Crippen LogP contribution in [0.15, 0.2) is 22.8 Å². The van der Waals surface area contributed by atoms with Crippen LogP contribution in [0.3, 0.4) is 0 Å².